The SMILES string of the molecule is CCCCCCC/C=C\C/C=C\CCCCCCCCCCCC(=O)OC(COC(=O)CCCCCCC/C=C\CCCCCCCCC)COP(=O)(O)OCCN. The first kappa shape index (κ1) is 56.2. The lowest BCUT2D eigenvalue weighted by Crippen LogP contribution is -2.29. The van der Waals surface area contributed by atoms with Crippen LogP contribution >= 0.6 is 7.82 Å². The van der Waals surface area contributed by atoms with Crippen molar-refractivity contribution in [1.82, 2.24) is 0 Å². The van der Waals surface area contributed by atoms with Crippen molar-refractivity contribution in [2.75, 3.05) is 26.4 Å². The highest BCUT2D eigenvalue weighted by Gasteiger charge is 2.26. The van der Waals surface area contributed by atoms with Gasteiger partial charge in [-0.25, -0.2) is 4.57 Å². The van der Waals surface area contributed by atoms with E-state index in [1.165, 1.54) is 122 Å². The highest BCUT2D eigenvalue weighted by Crippen LogP contribution is 2.43. The molecule has 0 heterocycles. The Morgan fingerprint density at radius 2 is 0.897 bits per heavy atom. The lowest BCUT2D eigenvalue weighted by atomic mass is 10.1. The summed E-state index contributed by atoms with van der Waals surface area (Å²) >= 11 is 0. The van der Waals surface area contributed by atoms with Gasteiger partial charge in [-0.1, -0.05) is 179 Å². The van der Waals surface area contributed by atoms with E-state index < -0.39 is 26.5 Å². The number of nitrogens with two attached hydrogens (primary N) is 1. The van der Waals surface area contributed by atoms with Gasteiger partial charge in [0.1, 0.15) is 6.61 Å². The number of ether oxygens (including phenoxy) is 2. The van der Waals surface area contributed by atoms with E-state index in [2.05, 4.69) is 50.3 Å². The molecule has 0 aliphatic heterocycles. The Morgan fingerprint density at radius 1 is 0.517 bits per heavy atom. The minimum absolute atomic E-state index is 0.0516. The molecule has 0 amide bonds. The van der Waals surface area contributed by atoms with Gasteiger partial charge in [0.25, 0.3) is 0 Å². The summed E-state index contributed by atoms with van der Waals surface area (Å²) in [5.74, 6) is -0.837. The molecule has 2 unspecified atom stereocenters. The first-order chi connectivity index (χ1) is 28.3. The summed E-state index contributed by atoms with van der Waals surface area (Å²) in [6.45, 7) is 3.73. The fraction of sp³-hybridized carbons (Fsp3) is 0.833. The van der Waals surface area contributed by atoms with Crippen molar-refractivity contribution < 1.29 is 37.6 Å². The highest BCUT2D eigenvalue weighted by molar-refractivity contribution is 7.47. The Balaban J connectivity index is 4.10. The topological polar surface area (TPSA) is 134 Å². The smallest absolute Gasteiger partial charge is 0.462 e. The molecule has 340 valence electrons. The van der Waals surface area contributed by atoms with Gasteiger partial charge < -0.3 is 20.1 Å². The van der Waals surface area contributed by atoms with Gasteiger partial charge in [0, 0.05) is 19.4 Å². The summed E-state index contributed by atoms with van der Waals surface area (Å²) in [4.78, 5) is 35.0. The minimum Gasteiger partial charge on any atom is -0.462 e. The molecule has 58 heavy (non-hydrogen) atoms. The minimum atomic E-state index is -4.38. The van der Waals surface area contributed by atoms with Crippen molar-refractivity contribution >= 4 is 19.8 Å². The van der Waals surface area contributed by atoms with E-state index in [0.29, 0.717) is 6.42 Å². The number of carbonyl (C=O) groups is 2. The predicted octanol–water partition coefficient (Wildman–Crippen LogP) is 14.1. The predicted molar refractivity (Wildman–Crippen MR) is 243 cm³/mol. The maximum atomic E-state index is 12.6. The summed E-state index contributed by atoms with van der Waals surface area (Å²) in [5, 5.41) is 0. The molecular formula is C48H90NO8P. The summed E-state index contributed by atoms with van der Waals surface area (Å²) in [6.07, 6.45) is 50.3. The quantitative estimate of drug-likeness (QED) is 0.0266. The molecular weight excluding hydrogens is 750 g/mol. The zero-order valence-corrected chi connectivity index (χ0v) is 38.4. The van der Waals surface area contributed by atoms with Crippen molar-refractivity contribution in [1.29, 1.82) is 0 Å². The van der Waals surface area contributed by atoms with Crippen molar-refractivity contribution in [3.8, 4) is 0 Å². The third-order valence-electron chi connectivity index (χ3n) is 10.2. The number of carbonyl (C=O) groups excluding carboxylic acids is 2. The van der Waals surface area contributed by atoms with Crippen LogP contribution in [0, 0.1) is 0 Å². The molecule has 10 heteroatoms. The van der Waals surface area contributed by atoms with Crippen LogP contribution in [-0.2, 0) is 32.7 Å². The molecule has 0 saturated heterocycles. The van der Waals surface area contributed by atoms with Gasteiger partial charge in [-0.15, -0.1) is 0 Å². The zero-order valence-electron chi connectivity index (χ0n) is 37.5. The first-order valence-electron chi connectivity index (χ1n) is 24.0. The normalized spacial score (nSPS) is 13.5. The number of hydrogen-bond acceptors (Lipinski definition) is 8. The number of hydrogen-bond donors (Lipinski definition) is 2. The second-order valence-electron chi connectivity index (χ2n) is 16.0. The Kier molecular flexibility index (Phi) is 43.4. The summed E-state index contributed by atoms with van der Waals surface area (Å²) in [6, 6.07) is 0. The molecule has 2 atom stereocenters. The first-order valence-corrected chi connectivity index (χ1v) is 25.5. The van der Waals surface area contributed by atoms with E-state index in [9.17, 15) is 19.0 Å². The highest BCUT2D eigenvalue weighted by atomic mass is 31.2. The second kappa shape index (κ2) is 44.8. The molecule has 0 saturated carbocycles. The number of unbranched alkanes of at least 4 members (excludes halogenated alkanes) is 26. The average molecular weight is 840 g/mol. The summed E-state index contributed by atoms with van der Waals surface area (Å²) in [5.41, 5.74) is 5.36. The molecule has 0 aliphatic rings. The number of rotatable bonds is 45. The number of allylic oxidation sites excluding steroid dienone is 6. The van der Waals surface area contributed by atoms with Crippen molar-refractivity contribution in [3.63, 3.8) is 0 Å². The van der Waals surface area contributed by atoms with Gasteiger partial charge in [0.2, 0.25) is 0 Å². The van der Waals surface area contributed by atoms with Crippen LogP contribution in [0.5, 0.6) is 0 Å². The van der Waals surface area contributed by atoms with Crippen LogP contribution in [0.15, 0.2) is 36.5 Å². The van der Waals surface area contributed by atoms with E-state index in [1.54, 1.807) is 0 Å². The molecule has 0 spiro atoms. The van der Waals surface area contributed by atoms with Crippen LogP contribution in [0.25, 0.3) is 0 Å². The third-order valence-corrected chi connectivity index (χ3v) is 11.2. The van der Waals surface area contributed by atoms with Gasteiger partial charge in [0.05, 0.1) is 13.2 Å². The van der Waals surface area contributed by atoms with Gasteiger partial charge in [-0.3, -0.25) is 18.6 Å². The van der Waals surface area contributed by atoms with Crippen molar-refractivity contribution in [3.05, 3.63) is 36.5 Å². The van der Waals surface area contributed by atoms with E-state index in [-0.39, 0.29) is 38.6 Å². The van der Waals surface area contributed by atoms with Crippen LogP contribution in [0.3, 0.4) is 0 Å². The van der Waals surface area contributed by atoms with Crippen LogP contribution in [0.1, 0.15) is 226 Å². The Labute approximate surface area is 356 Å². The fourth-order valence-electron chi connectivity index (χ4n) is 6.66. The van der Waals surface area contributed by atoms with Crippen LogP contribution in [-0.4, -0.2) is 49.3 Å². The summed E-state index contributed by atoms with van der Waals surface area (Å²) in [7, 11) is -4.38. The third kappa shape index (κ3) is 43.8. The van der Waals surface area contributed by atoms with E-state index in [4.69, 9.17) is 24.3 Å². The van der Waals surface area contributed by atoms with Crippen molar-refractivity contribution in [2.24, 2.45) is 5.73 Å². The van der Waals surface area contributed by atoms with E-state index in [0.717, 1.165) is 70.6 Å². The number of phosphoric acid groups is 1. The molecule has 0 aromatic carbocycles. The molecule has 0 fully saturated rings. The monoisotopic (exact) mass is 840 g/mol. The average Bonchev–Trinajstić information content (AvgIpc) is 3.21. The lowest BCUT2D eigenvalue weighted by Gasteiger charge is -2.19. The Bertz CT molecular complexity index is 1050. The van der Waals surface area contributed by atoms with Gasteiger partial charge in [-0.05, 0) is 70.6 Å². The Morgan fingerprint density at radius 3 is 1.33 bits per heavy atom. The largest absolute Gasteiger partial charge is 0.472 e. The van der Waals surface area contributed by atoms with Gasteiger partial charge in [-0.2, -0.15) is 0 Å². The zero-order chi connectivity index (χ0) is 42.5. The molecule has 0 radical (unpaired) electrons. The molecule has 0 bridgehead atoms. The van der Waals surface area contributed by atoms with Crippen LogP contribution in [0.2, 0.25) is 0 Å². The van der Waals surface area contributed by atoms with Crippen molar-refractivity contribution in [2.45, 2.75) is 232 Å². The standard InChI is InChI=1S/C48H90NO8P/c1-3-5-7-9-11-13-15-17-19-21-22-23-24-25-27-29-31-33-35-37-39-41-48(51)57-46(45-56-58(52,53)55-43-42-49)44-54-47(50)40-38-36-34-32-30-28-26-20-18-16-14-12-10-8-6-4-2/h15,17,20-22,26,46H,3-14,16,18-19,23-25,27-45,49H2,1-2H3,(H,52,53)/b17-15-,22-21-,26-20-. The lowest BCUT2D eigenvalue weighted by molar-refractivity contribution is -0.161. The van der Waals surface area contributed by atoms with E-state index in [1.807, 2.05) is 0 Å². The maximum absolute atomic E-state index is 12.6. The van der Waals surface area contributed by atoms with E-state index >= 15 is 0 Å². The summed E-state index contributed by atoms with van der Waals surface area (Å²) < 4.78 is 32.9. The molecule has 0 rings (SSSR count). The van der Waals surface area contributed by atoms with Gasteiger partial charge in [0.15, 0.2) is 6.10 Å². The van der Waals surface area contributed by atoms with Crippen LogP contribution in [0.4, 0.5) is 0 Å². The fourth-order valence-corrected chi connectivity index (χ4v) is 7.43. The maximum Gasteiger partial charge on any atom is 0.472 e. The number of esters is 2. The number of phosphoric ester groups is 1. The molecule has 0 aromatic heterocycles. The molecule has 9 nitrogen and oxygen atoms in total. The molecule has 3 N–H and O–H groups in total. The van der Waals surface area contributed by atoms with Gasteiger partial charge >= 0.3 is 19.8 Å². The Hall–Kier alpha value is -1.77. The van der Waals surface area contributed by atoms with Crippen LogP contribution < -0.4 is 5.73 Å². The molecule has 0 aromatic rings. The molecule has 0 aliphatic carbocycles. The second-order valence-corrected chi connectivity index (χ2v) is 17.4.